The van der Waals surface area contributed by atoms with Crippen LogP contribution in [0, 0.1) is 5.92 Å². The molecule has 0 heterocycles. The summed E-state index contributed by atoms with van der Waals surface area (Å²) in [6.45, 7) is 2.57. The number of methoxy groups -OCH3 is 1. The Morgan fingerprint density at radius 2 is 2.29 bits per heavy atom. The first kappa shape index (κ1) is 13.8. The van der Waals surface area contributed by atoms with Crippen molar-refractivity contribution in [3.8, 4) is 11.5 Å². The van der Waals surface area contributed by atoms with Crippen LogP contribution < -0.4 is 10.1 Å². The quantitative estimate of drug-likeness (QED) is 0.820. The fourth-order valence-electron chi connectivity index (χ4n) is 1.24. The molecule has 0 saturated heterocycles. The van der Waals surface area contributed by atoms with Crippen LogP contribution in [0.5, 0.6) is 11.5 Å². The molecule has 0 bridgehead atoms. The SMILES string of the molecule is COc1ccc(O)c(C(=O)NCC(C)CBr)c1. The lowest BCUT2D eigenvalue weighted by atomic mass is 10.1. The molecule has 0 aliphatic carbocycles. The maximum absolute atomic E-state index is 11.8. The highest BCUT2D eigenvalue weighted by Gasteiger charge is 2.12. The van der Waals surface area contributed by atoms with E-state index in [1.807, 2.05) is 6.92 Å². The fourth-order valence-corrected chi connectivity index (χ4v) is 1.47. The molecule has 0 spiro atoms. The van der Waals surface area contributed by atoms with Crippen LogP contribution >= 0.6 is 15.9 Å². The number of aromatic hydroxyl groups is 1. The van der Waals surface area contributed by atoms with Crippen molar-refractivity contribution in [1.29, 1.82) is 0 Å². The first-order valence-electron chi connectivity index (χ1n) is 5.29. The lowest BCUT2D eigenvalue weighted by Gasteiger charge is -2.11. The Kier molecular flexibility index (Phi) is 5.28. The highest BCUT2D eigenvalue weighted by molar-refractivity contribution is 9.09. The van der Waals surface area contributed by atoms with Crippen LogP contribution in [0.15, 0.2) is 18.2 Å². The molecule has 0 saturated carbocycles. The molecule has 1 atom stereocenters. The number of halogens is 1. The molecule has 0 aliphatic heterocycles. The van der Waals surface area contributed by atoms with Crippen LogP contribution in [0.25, 0.3) is 0 Å². The second-order valence-corrected chi connectivity index (χ2v) is 4.50. The van der Waals surface area contributed by atoms with Gasteiger partial charge in [0.05, 0.1) is 12.7 Å². The van der Waals surface area contributed by atoms with E-state index in [1.165, 1.54) is 19.2 Å². The van der Waals surface area contributed by atoms with Gasteiger partial charge in [-0.25, -0.2) is 0 Å². The van der Waals surface area contributed by atoms with Crippen LogP contribution in [0.3, 0.4) is 0 Å². The molecule has 4 nitrogen and oxygen atoms in total. The monoisotopic (exact) mass is 301 g/mol. The summed E-state index contributed by atoms with van der Waals surface area (Å²) < 4.78 is 5.01. The predicted molar refractivity (Wildman–Crippen MR) is 70.0 cm³/mol. The molecule has 1 unspecified atom stereocenters. The molecule has 1 amide bonds. The summed E-state index contributed by atoms with van der Waals surface area (Å²) in [4.78, 5) is 11.8. The minimum absolute atomic E-state index is 0.0465. The van der Waals surface area contributed by atoms with E-state index in [2.05, 4.69) is 21.2 Å². The zero-order valence-corrected chi connectivity index (χ0v) is 11.5. The van der Waals surface area contributed by atoms with Gasteiger partial charge in [0.25, 0.3) is 5.91 Å². The van der Waals surface area contributed by atoms with E-state index in [0.29, 0.717) is 18.2 Å². The van der Waals surface area contributed by atoms with Crippen molar-refractivity contribution in [1.82, 2.24) is 5.32 Å². The van der Waals surface area contributed by atoms with Crippen molar-refractivity contribution < 1.29 is 14.6 Å². The van der Waals surface area contributed by atoms with Gasteiger partial charge in [-0.15, -0.1) is 0 Å². The summed E-state index contributed by atoms with van der Waals surface area (Å²) in [5, 5.41) is 13.2. The smallest absolute Gasteiger partial charge is 0.255 e. The first-order chi connectivity index (χ1) is 8.08. The number of alkyl halides is 1. The zero-order valence-electron chi connectivity index (χ0n) is 9.87. The molecule has 5 heteroatoms. The number of ether oxygens (including phenoxy) is 1. The van der Waals surface area contributed by atoms with E-state index in [4.69, 9.17) is 4.74 Å². The molecule has 94 valence electrons. The van der Waals surface area contributed by atoms with Gasteiger partial charge in [-0.3, -0.25) is 4.79 Å². The van der Waals surface area contributed by atoms with Gasteiger partial charge in [0.15, 0.2) is 0 Å². The Balaban J connectivity index is 2.74. The second kappa shape index (κ2) is 6.49. The van der Waals surface area contributed by atoms with E-state index in [0.717, 1.165) is 5.33 Å². The summed E-state index contributed by atoms with van der Waals surface area (Å²) in [7, 11) is 1.51. The highest BCUT2D eigenvalue weighted by Crippen LogP contribution is 2.22. The van der Waals surface area contributed by atoms with Gasteiger partial charge in [-0.1, -0.05) is 22.9 Å². The van der Waals surface area contributed by atoms with Crippen molar-refractivity contribution >= 4 is 21.8 Å². The lowest BCUT2D eigenvalue weighted by Crippen LogP contribution is -2.28. The largest absolute Gasteiger partial charge is 0.507 e. The third kappa shape index (κ3) is 3.93. The number of nitrogens with one attached hydrogen (secondary N) is 1. The van der Waals surface area contributed by atoms with Crippen molar-refractivity contribution in [2.75, 3.05) is 19.0 Å². The van der Waals surface area contributed by atoms with Gasteiger partial charge in [0, 0.05) is 11.9 Å². The standard InChI is InChI=1S/C12H16BrNO3/c1-8(6-13)7-14-12(16)10-5-9(17-2)3-4-11(10)15/h3-5,8,15H,6-7H2,1-2H3,(H,14,16). The number of carbonyl (C=O) groups excluding carboxylic acids is 1. The van der Waals surface area contributed by atoms with Crippen LogP contribution in [-0.2, 0) is 0 Å². The Morgan fingerprint density at radius 1 is 1.59 bits per heavy atom. The van der Waals surface area contributed by atoms with E-state index in [9.17, 15) is 9.90 Å². The van der Waals surface area contributed by atoms with Crippen LogP contribution in [0.1, 0.15) is 17.3 Å². The number of benzene rings is 1. The summed E-state index contributed by atoms with van der Waals surface area (Å²) in [5.41, 5.74) is 0.228. The number of amides is 1. The fraction of sp³-hybridized carbons (Fsp3) is 0.417. The van der Waals surface area contributed by atoms with Gasteiger partial charge in [-0.05, 0) is 24.1 Å². The average molecular weight is 302 g/mol. The number of rotatable bonds is 5. The normalized spacial score (nSPS) is 11.9. The van der Waals surface area contributed by atoms with E-state index >= 15 is 0 Å². The lowest BCUT2D eigenvalue weighted by molar-refractivity contribution is 0.0946. The maximum atomic E-state index is 11.8. The molecule has 1 aromatic carbocycles. The highest BCUT2D eigenvalue weighted by atomic mass is 79.9. The Hall–Kier alpha value is -1.23. The van der Waals surface area contributed by atoms with E-state index in [1.54, 1.807) is 6.07 Å². The number of phenols is 1. The molecule has 17 heavy (non-hydrogen) atoms. The second-order valence-electron chi connectivity index (χ2n) is 3.85. The summed E-state index contributed by atoms with van der Waals surface area (Å²) >= 11 is 3.34. The van der Waals surface area contributed by atoms with Gasteiger partial charge in [-0.2, -0.15) is 0 Å². The Bertz CT molecular complexity index is 395. The zero-order chi connectivity index (χ0) is 12.8. The average Bonchev–Trinajstić information content (AvgIpc) is 2.36. The summed E-state index contributed by atoms with van der Waals surface area (Å²) in [5.74, 6) is 0.539. The van der Waals surface area contributed by atoms with Gasteiger partial charge in [0.1, 0.15) is 11.5 Å². The molecule has 0 aliphatic rings. The minimum atomic E-state index is -0.297. The number of hydrogen-bond acceptors (Lipinski definition) is 3. The molecule has 2 N–H and O–H groups in total. The number of phenolic OH excluding ortho intramolecular Hbond substituents is 1. The number of hydrogen-bond donors (Lipinski definition) is 2. The van der Waals surface area contributed by atoms with Crippen molar-refractivity contribution in [2.24, 2.45) is 5.92 Å². The van der Waals surface area contributed by atoms with Crippen LogP contribution in [0.2, 0.25) is 0 Å². The number of carbonyl (C=O) groups is 1. The van der Waals surface area contributed by atoms with Crippen molar-refractivity contribution in [3.63, 3.8) is 0 Å². The van der Waals surface area contributed by atoms with Gasteiger partial charge in [0.2, 0.25) is 0 Å². The topological polar surface area (TPSA) is 58.6 Å². The Labute approximate surface area is 109 Å². The first-order valence-corrected chi connectivity index (χ1v) is 6.41. The predicted octanol–water partition coefficient (Wildman–Crippen LogP) is 2.16. The van der Waals surface area contributed by atoms with Crippen LogP contribution in [-0.4, -0.2) is 30.0 Å². The van der Waals surface area contributed by atoms with Crippen LogP contribution in [0.4, 0.5) is 0 Å². The molecule has 0 radical (unpaired) electrons. The molecule has 0 fully saturated rings. The maximum Gasteiger partial charge on any atom is 0.255 e. The molecule has 1 rings (SSSR count). The van der Waals surface area contributed by atoms with Gasteiger partial charge < -0.3 is 15.2 Å². The van der Waals surface area contributed by atoms with E-state index in [-0.39, 0.29) is 17.2 Å². The Morgan fingerprint density at radius 3 is 2.88 bits per heavy atom. The van der Waals surface area contributed by atoms with Crippen molar-refractivity contribution in [3.05, 3.63) is 23.8 Å². The van der Waals surface area contributed by atoms with Gasteiger partial charge >= 0.3 is 0 Å². The third-order valence-corrected chi connectivity index (χ3v) is 3.43. The summed E-state index contributed by atoms with van der Waals surface area (Å²) in [6.07, 6.45) is 0. The third-order valence-electron chi connectivity index (χ3n) is 2.32. The minimum Gasteiger partial charge on any atom is -0.507 e. The summed E-state index contributed by atoms with van der Waals surface area (Å²) in [6, 6.07) is 4.57. The molecular weight excluding hydrogens is 286 g/mol. The molecule has 0 aromatic heterocycles. The molecule has 1 aromatic rings. The molecular formula is C12H16BrNO3. The van der Waals surface area contributed by atoms with E-state index < -0.39 is 0 Å². The van der Waals surface area contributed by atoms with Crippen molar-refractivity contribution in [2.45, 2.75) is 6.92 Å².